The van der Waals surface area contributed by atoms with Gasteiger partial charge >= 0.3 is 11.9 Å². The van der Waals surface area contributed by atoms with E-state index in [4.69, 9.17) is 18.9 Å². The molecule has 1 saturated carbocycles. The van der Waals surface area contributed by atoms with Crippen LogP contribution in [0.1, 0.15) is 75.1 Å². The smallest absolute Gasteiger partial charge is 0.338 e. The highest BCUT2D eigenvalue weighted by molar-refractivity contribution is 5.89. The van der Waals surface area contributed by atoms with E-state index in [9.17, 15) is 19.8 Å². The summed E-state index contributed by atoms with van der Waals surface area (Å²) in [5.74, 6) is -5.57. The van der Waals surface area contributed by atoms with E-state index >= 15 is 0 Å². The first-order chi connectivity index (χ1) is 18.7. The van der Waals surface area contributed by atoms with Gasteiger partial charge in [0, 0.05) is 29.6 Å². The fourth-order valence-corrected chi connectivity index (χ4v) is 7.45. The highest BCUT2D eigenvalue weighted by atomic mass is 16.8. The number of carbonyl (C=O) groups excluding carboxylic acids is 2. The van der Waals surface area contributed by atoms with Crippen molar-refractivity contribution in [3.63, 3.8) is 0 Å². The van der Waals surface area contributed by atoms with Gasteiger partial charge < -0.3 is 29.2 Å². The van der Waals surface area contributed by atoms with Gasteiger partial charge in [-0.05, 0) is 51.5 Å². The topological polar surface area (TPSA) is 112 Å². The maximum absolute atomic E-state index is 13.0. The van der Waals surface area contributed by atoms with Crippen LogP contribution in [0.5, 0.6) is 0 Å². The van der Waals surface area contributed by atoms with Gasteiger partial charge in [0.15, 0.2) is 11.6 Å². The molecule has 0 aromatic heterocycles. The Labute approximate surface area is 235 Å². The molecule has 8 heteroatoms. The first-order valence-corrected chi connectivity index (χ1v) is 14.0. The Kier molecular flexibility index (Phi) is 6.94. The van der Waals surface area contributed by atoms with E-state index in [1.165, 1.54) is 0 Å². The Hall–Kier alpha value is -2.78. The minimum atomic E-state index is -1.74. The quantitative estimate of drug-likeness (QED) is 0.495. The van der Waals surface area contributed by atoms with Crippen LogP contribution in [0.25, 0.3) is 0 Å². The zero-order chi connectivity index (χ0) is 29.1. The predicted octanol–water partition coefficient (Wildman–Crippen LogP) is 4.73. The van der Waals surface area contributed by atoms with Crippen molar-refractivity contribution in [3.05, 3.63) is 71.8 Å². The molecule has 2 saturated heterocycles. The number of aliphatic hydroxyl groups is 2. The maximum Gasteiger partial charge on any atom is 0.338 e. The zero-order valence-corrected chi connectivity index (χ0v) is 24.0. The molecule has 0 unspecified atom stereocenters. The number of benzene rings is 2. The lowest BCUT2D eigenvalue weighted by Gasteiger charge is -2.47. The van der Waals surface area contributed by atoms with Crippen LogP contribution in [0.4, 0.5) is 0 Å². The standard InChI is InChI=1S/C32H40O8/c1-20-25-29(5,22(3)38-27(34)24-15-11-8-12-16-24)30(6,35)21(2)32(25,36)40-31(20)18-17-28(4,39-31)19-37-26(33)23-13-9-7-10-14-23/h7-16,20-22,25,35-36H,17-19H2,1-6H3/t20-,21+,22+,25+,28-,29+,30-,31+,32-/m0/s1. The summed E-state index contributed by atoms with van der Waals surface area (Å²) in [6.07, 6.45) is 0.245. The lowest BCUT2D eigenvalue weighted by molar-refractivity contribution is -0.337. The van der Waals surface area contributed by atoms with Crippen molar-refractivity contribution < 1.29 is 38.7 Å². The molecule has 8 nitrogen and oxygen atoms in total. The second-order valence-corrected chi connectivity index (χ2v) is 12.5. The molecular weight excluding hydrogens is 512 g/mol. The van der Waals surface area contributed by atoms with E-state index < -0.39 is 58.1 Å². The first kappa shape index (κ1) is 28.7. The lowest BCUT2D eigenvalue weighted by Crippen LogP contribution is -2.56. The van der Waals surface area contributed by atoms with Gasteiger partial charge in [-0.3, -0.25) is 0 Å². The minimum absolute atomic E-state index is 0.0251. The number of fused-ring (bicyclic) bond motifs is 1. The van der Waals surface area contributed by atoms with Crippen molar-refractivity contribution >= 4 is 11.9 Å². The van der Waals surface area contributed by atoms with Crippen molar-refractivity contribution in [1.29, 1.82) is 0 Å². The Morgan fingerprint density at radius 1 is 0.900 bits per heavy atom. The Morgan fingerprint density at radius 3 is 2.02 bits per heavy atom. The van der Waals surface area contributed by atoms with Crippen LogP contribution >= 0.6 is 0 Å². The number of hydrogen-bond acceptors (Lipinski definition) is 8. The Bertz CT molecular complexity index is 1260. The van der Waals surface area contributed by atoms with Gasteiger partial charge in [0.05, 0.1) is 16.7 Å². The number of esters is 2. The molecule has 2 aliphatic heterocycles. The molecule has 2 aromatic rings. The molecule has 3 fully saturated rings. The molecule has 0 radical (unpaired) electrons. The normalized spacial score (nSPS) is 41.0. The zero-order valence-electron chi connectivity index (χ0n) is 24.0. The molecule has 0 bridgehead atoms. The van der Waals surface area contributed by atoms with E-state index in [1.54, 1.807) is 69.3 Å². The summed E-state index contributed by atoms with van der Waals surface area (Å²) in [6.45, 7) is 10.9. The van der Waals surface area contributed by atoms with Gasteiger partial charge in [-0.25, -0.2) is 9.59 Å². The predicted molar refractivity (Wildman–Crippen MR) is 146 cm³/mol. The molecular formula is C32H40O8. The molecule has 40 heavy (non-hydrogen) atoms. The summed E-state index contributed by atoms with van der Waals surface area (Å²) in [4.78, 5) is 25.6. The van der Waals surface area contributed by atoms with Gasteiger partial charge in [0.2, 0.25) is 0 Å². The van der Waals surface area contributed by atoms with Crippen molar-refractivity contribution in [2.45, 2.75) is 83.3 Å². The number of rotatable bonds is 6. The number of carbonyl (C=O) groups is 2. The summed E-state index contributed by atoms with van der Waals surface area (Å²) >= 11 is 0. The van der Waals surface area contributed by atoms with Crippen molar-refractivity contribution in [2.24, 2.45) is 23.2 Å². The highest BCUT2D eigenvalue weighted by Crippen LogP contribution is 2.70. The van der Waals surface area contributed by atoms with Gasteiger partial charge in [0.1, 0.15) is 18.3 Å². The number of ether oxygens (including phenoxy) is 4. The summed E-state index contributed by atoms with van der Waals surface area (Å²) < 4.78 is 24.6. The molecule has 1 spiro atoms. The SMILES string of the molecule is C[C@H]1[C@H]2[C@@](O)(O[C@]13CC[C@@](C)(COC(=O)c1ccccc1)O3)[C@H](C)[C@](C)(O)[C@]2(C)[C@@H](C)OC(=O)c1ccccc1. The van der Waals surface area contributed by atoms with Crippen LogP contribution in [-0.2, 0) is 18.9 Å². The van der Waals surface area contributed by atoms with Crippen LogP contribution in [0.15, 0.2) is 60.7 Å². The van der Waals surface area contributed by atoms with Crippen LogP contribution in [0, 0.1) is 23.2 Å². The van der Waals surface area contributed by atoms with E-state index in [0.717, 1.165) is 0 Å². The van der Waals surface area contributed by atoms with Crippen LogP contribution in [0.3, 0.4) is 0 Å². The Balaban J connectivity index is 1.38. The summed E-state index contributed by atoms with van der Waals surface area (Å²) in [6, 6.07) is 17.5. The third-order valence-electron chi connectivity index (χ3n) is 10.3. The largest absolute Gasteiger partial charge is 0.459 e. The molecule has 1 aliphatic carbocycles. The maximum atomic E-state index is 13.0. The molecule has 2 aromatic carbocycles. The summed E-state index contributed by atoms with van der Waals surface area (Å²) in [5.41, 5.74) is -2.49. The van der Waals surface area contributed by atoms with Gasteiger partial charge in [-0.15, -0.1) is 0 Å². The van der Waals surface area contributed by atoms with E-state index in [-0.39, 0.29) is 12.5 Å². The van der Waals surface area contributed by atoms with Crippen molar-refractivity contribution in [2.75, 3.05) is 6.61 Å². The highest BCUT2D eigenvalue weighted by Gasteiger charge is 2.81. The monoisotopic (exact) mass is 552 g/mol. The first-order valence-electron chi connectivity index (χ1n) is 14.0. The second kappa shape index (κ2) is 9.65. The minimum Gasteiger partial charge on any atom is -0.459 e. The average Bonchev–Trinajstić information content (AvgIpc) is 3.43. The van der Waals surface area contributed by atoms with Crippen molar-refractivity contribution in [1.82, 2.24) is 0 Å². The summed E-state index contributed by atoms with van der Waals surface area (Å²) in [5, 5.41) is 24.0. The Morgan fingerprint density at radius 2 is 1.45 bits per heavy atom. The van der Waals surface area contributed by atoms with Crippen LogP contribution in [-0.4, -0.2) is 57.6 Å². The molecule has 2 N–H and O–H groups in total. The summed E-state index contributed by atoms with van der Waals surface area (Å²) in [7, 11) is 0. The van der Waals surface area contributed by atoms with E-state index in [2.05, 4.69) is 0 Å². The van der Waals surface area contributed by atoms with E-state index in [0.29, 0.717) is 24.0 Å². The molecule has 2 heterocycles. The van der Waals surface area contributed by atoms with E-state index in [1.807, 2.05) is 32.9 Å². The van der Waals surface area contributed by atoms with Crippen molar-refractivity contribution in [3.8, 4) is 0 Å². The molecule has 3 aliphatic rings. The lowest BCUT2D eigenvalue weighted by atomic mass is 9.62. The third kappa shape index (κ3) is 4.19. The average molecular weight is 553 g/mol. The van der Waals surface area contributed by atoms with Crippen LogP contribution in [0.2, 0.25) is 0 Å². The third-order valence-corrected chi connectivity index (χ3v) is 10.3. The molecule has 9 atom stereocenters. The molecule has 0 amide bonds. The second-order valence-electron chi connectivity index (χ2n) is 12.5. The number of hydrogen-bond donors (Lipinski definition) is 2. The van der Waals surface area contributed by atoms with Crippen LogP contribution < -0.4 is 0 Å². The molecule has 5 rings (SSSR count). The van der Waals surface area contributed by atoms with Gasteiger partial charge in [0.25, 0.3) is 0 Å². The molecule has 216 valence electrons. The van der Waals surface area contributed by atoms with Gasteiger partial charge in [-0.1, -0.05) is 57.2 Å². The fourth-order valence-electron chi connectivity index (χ4n) is 7.45. The fraction of sp³-hybridized carbons (Fsp3) is 0.562. The van der Waals surface area contributed by atoms with Gasteiger partial charge in [-0.2, -0.15) is 0 Å².